The Labute approximate surface area is 309 Å². The van der Waals surface area contributed by atoms with E-state index in [1.807, 2.05) is 71.3 Å². The van der Waals surface area contributed by atoms with Crippen molar-refractivity contribution < 1.29 is 42.1 Å². The van der Waals surface area contributed by atoms with E-state index in [0.717, 1.165) is 63.9 Å². The minimum atomic E-state index is 0. The van der Waals surface area contributed by atoms with Crippen LogP contribution >= 0.6 is 23.5 Å². The van der Waals surface area contributed by atoms with Gasteiger partial charge in [-0.15, -0.1) is 105 Å². The summed E-state index contributed by atoms with van der Waals surface area (Å²) in [5.74, 6) is 0.571. The number of rotatable bonds is 7. The Bertz CT molecular complexity index is 2140. The molecule has 4 heterocycles. The van der Waals surface area contributed by atoms with Crippen LogP contribution in [0.3, 0.4) is 0 Å². The Kier molecular flexibility index (Phi) is 10.5. The van der Waals surface area contributed by atoms with Crippen molar-refractivity contribution in [1.82, 2.24) is 24.5 Å². The molecular formula is C38H21N5Pt2S2. The first-order valence-corrected chi connectivity index (χ1v) is 15.9. The predicted octanol–water partition coefficient (Wildman–Crippen LogP) is 9.20. The van der Waals surface area contributed by atoms with E-state index in [-0.39, 0.29) is 42.1 Å². The molecular weight excluding hydrogens is 981 g/mol. The monoisotopic (exact) mass is 1000 g/mol. The van der Waals surface area contributed by atoms with Crippen molar-refractivity contribution in [3.63, 3.8) is 0 Å². The van der Waals surface area contributed by atoms with Crippen LogP contribution in [0, 0.1) is 24.3 Å². The van der Waals surface area contributed by atoms with Crippen molar-refractivity contribution in [3.8, 4) is 28.5 Å². The van der Waals surface area contributed by atoms with Gasteiger partial charge < -0.3 is 14.5 Å². The molecule has 0 saturated carbocycles. The molecule has 0 saturated heterocycles. The second-order valence-electron chi connectivity index (χ2n) is 10.0. The minimum Gasteiger partial charge on any atom is -0.328 e. The first-order valence-electron chi connectivity index (χ1n) is 14.2. The van der Waals surface area contributed by atoms with Gasteiger partial charge in [-0.25, -0.2) is 9.97 Å². The van der Waals surface area contributed by atoms with Crippen molar-refractivity contribution in [2.24, 2.45) is 0 Å². The predicted molar refractivity (Wildman–Crippen MR) is 179 cm³/mol. The van der Waals surface area contributed by atoms with Crippen LogP contribution in [0.4, 0.5) is 0 Å². The molecule has 4 aromatic heterocycles. The molecule has 8 rings (SSSR count). The third-order valence-electron chi connectivity index (χ3n) is 7.14. The van der Waals surface area contributed by atoms with Crippen LogP contribution in [0.2, 0.25) is 0 Å². The molecule has 0 amide bonds. The summed E-state index contributed by atoms with van der Waals surface area (Å²) in [6.45, 7) is 0. The number of hydrogen-bond donors (Lipinski definition) is 0. The van der Waals surface area contributed by atoms with Gasteiger partial charge in [0, 0.05) is 24.8 Å². The average molecular weight is 1000 g/mol. The van der Waals surface area contributed by atoms with E-state index >= 15 is 0 Å². The first-order chi connectivity index (χ1) is 22.3. The van der Waals surface area contributed by atoms with E-state index in [9.17, 15) is 0 Å². The van der Waals surface area contributed by atoms with Crippen LogP contribution in [-0.2, 0) is 42.1 Å². The molecule has 0 radical (unpaired) electrons. The summed E-state index contributed by atoms with van der Waals surface area (Å²) in [7, 11) is 0. The van der Waals surface area contributed by atoms with Crippen LogP contribution in [-0.4, -0.2) is 24.5 Å². The van der Waals surface area contributed by atoms with Gasteiger partial charge in [-0.3, -0.25) is 0 Å². The van der Waals surface area contributed by atoms with Crippen LogP contribution in [0.15, 0.2) is 147 Å². The van der Waals surface area contributed by atoms with Crippen LogP contribution in [0.5, 0.6) is 0 Å². The SMILES string of the molecule is [Pt+2].[Pt+2].[c-]1c(Sc2[c-]c3c(cc2)c2ccc(Sc4[c-]c(-c5ccccn5)ccc4)[c-]c2n3-c2ncccn2)cccc1-c1ccccn1. The maximum Gasteiger partial charge on any atom is 2.00 e. The normalized spacial score (nSPS) is 10.8. The van der Waals surface area contributed by atoms with E-state index < -0.39 is 0 Å². The quantitative estimate of drug-likeness (QED) is 0.149. The Morgan fingerprint density at radius 2 is 0.894 bits per heavy atom. The fourth-order valence-electron chi connectivity index (χ4n) is 5.15. The number of benzene rings is 4. The smallest absolute Gasteiger partial charge is 0.328 e. The molecule has 0 spiro atoms. The summed E-state index contributed by atoms with van der Waals surface area (Å²) in [6.07, 6.45) is 7.11. The van der Waals surface area contributed by atoms with E-state index in [0.29, 0.717) is 5.95 Å². The van der Waals surface area contributed by atoms with Gasteiger partial charge in [0.2, 0.25) is 5.95 Å². The van der Waals surface area contributed by atoms with E-state index in [1.54, 1.807) is 48.3 Å². The molecule has 8 aromatic rings. The maximum absolute atomic E-state index is 4.61. The fraction of sp³-hybridized carbons (Fsp3) is 0. The number of hydrogen-bond acceptors (Lipinski definition) is 6. The summed E-state index contributed by atoms with van der Waals surface area (Å²) in [5.41, 5.74) is 5.48. The number of fused-ring (bicyclic) bond motifs is 3. The van der Waals surface area contributed by atoms with Gasteiger partial charge in [0.05, 0.1) is 0 Å². The molecule has 0 aliphatic rings. The molecule has 0 atom stereocenters. The molecule has 0 bridgehead atoms. The second-order valence-corrected chi connectivity index (χ2v) is 12.2. The van der Waals surface area contributed by atoms with Gasteiger partial charge in [0.1, 0.15) is 0 Å². The third-order valence-corrected chi connectivity index (χ3v) is 8.98. The summed E-state index contributed by atoms with van der Waals surface area (Å²) in [4.78, 5) is 22.1. The molecule has 230 valence electrons. The van der Waals surface area contributed by atoms with Crippen molar-refractivity contribution in [2.75, 3.05) is 0 Å². The zero-order valence-corrected chi connectivity index (χ0v) is 30.5. The number of nitrogens with zero attached hydrogens (tertiary/aromatic N) is 5. The Morgan fingerprint density at radius 1 is 0.426 bits per heavy atom. The third kappa shape index (κ3) is 7.05. The van der Waals surface area contributed by atoms with E-state index in [1.165, 1.54) is 0 Å². The van der Waals surface area contributed by atoms with Crippen molar-refractivity contribution in [1.29, 1.82) is 0 Å². The maximum atomic E-state index is 4.61. The summed E-state index contributed by atoms with van der Waals surface area (Å²) >= 11 is 3.23. The van der Waals surface area contributed by atoms with Crippen molar-refractivity contribution in [2.45, 2.75) is 19.6 Å². The van der Waals surface area contributed by atoms with Crippen molar-refractivity contribution in [3.05, 3.63) is 152 Å². The van der Waals surface area contributed by atoms with Gasteiger partial charge in [-0.05, 0) is 29.6 Å². The zero-order chi connectivity index (χ0) is 30.0. The Morgan fingerprint density at radius 3 is 1.36 bits per heavy atom. The topological polar surface area (TPSA) is 56.5 Å². The minimum absolute atomic E-state index is 0. The molecule has 5 nitrogen and oxygen atoms in total. The van der Waals surface area contributed by atoms with E-state index in [2.05, 4.69) is 80.6 Å². The summed E-state index contributed by atoms with van der Waals surface area (Å²) in [6, 6.07) is 48.7. The first kappa shape index (κ1) is 33.1. The van der Waals surface area contributed by atoms with Gasteiger partial charge >= 0.3 is 42.1 Å². The summed E-state index contributed by atoms with van der Waals surface area (Å²) in [5, 5.41) is 2.12. The average Bonchev–Trinajstić information content (AvgIpc) is 3.42. The molecule has 47 heavy (non-hydrogen) atoms. The molecule has 4 aromatic carbocycles. The van der Waals surface area contributed by atoms with Crippen LogP contribution < -0.4 is 0 Å². The fourth-order valence-corrected chi connectivity index (χ4v) is 6.80. The second kappa shape index (κ2) is 14.9. The largest absolute Gasteiger partial charge is 2.00 e. The van der Waals surface area contributed by atoms with Crippen LogP contribution in [0.25, 0.3) is 50.3 Å². The summed E-state index contributed by atoms with van der Waals surface area (Å²) < 4.78 is 2.04. The molecule has 0 aliphatic carbocycles. The van der Waals surface area contributed by atoms with Gasteiger partial charge in [0.25, 0.3) is 0 Å². The van der Waals surface area contributed by atoms with Crippen molar-refractivity contribution >= 4 is 45.3 Å². The Balaban J connectivity index is 0.00000193. The molecule has 0 aliphatic heterocycles. The number of aromatic nitrogens is 5. The van der Waals surface area contributed by atoms with Crippen LogP contribution in [0.1, 0.15) is 0 Å². The van der Waals surface area contributed by atoms with Gasteiger partial charge in [-0.1, -0.05) is 45.1 Å². The molecule has 0 unspecified atom stereocenters. The number of pyridine rings is 2. The zero-order valence-electron chi connectivity index (χ0n) is 24.3. The molecule has 0 N–H and O–H groups in total. The standard InChI is InChI=1S/C38H21N5S2.2Pt/c1-3-18-39-34(12-1)26-8-5-10-28(22-26)44-30-14-16-32-33-17-15-31(25-37(33)43(36(32)24-30)38-41-20-7-21-42-38)45-29-11-6-9-27(23-29)35-13-2-4-19-40-35;;/h1-21H;;/q-4;2*+2. The molecule has 9 heteroatoms. The van der Waals surface area contributed by atoms with Gasteiger partial charge in [0.15, 0.2) is 0 Å². The Hall–Kier alpha value is -3.86. The molecule has 0 fully saturated rings. The van der Waals surface area contributed by atoms with Gasteiger partial charge in [-0.2, -0.15) is 35.0 Å². The van der Waals surface area contributed by atoms with E-state index in [4.69, 9.17) is 0 Å².